The first-order valence-electron chi connectivity index (χ1n) is 4.83. The molecule has 0 bridgehead atoms. The summed E-state index contributed by atoms with van der Waals surface area (Å²) in [4.78, 5) is 0. The van der Waals surface area contributed by atoms with Crippen LogP contribution in [-0.2, 0) is 4.74 Å². The Hall–Kier alpha value is -0.0400. The van der Waals surface area contributed by atoms with Crippen LogP contribution < -0.4 is 0 Å². The van der Waals surface area contributed by atoms with E-state index < -0.39 is 0 Å². The van der Waals surface area contributed by atoms with Crippen molar-refractivity contribution in [1.82, 2.24) is 0 Å². The van der Waals surface area contributed by atoms with Gasteiger partial charge < -0.3 is 4.74 Å². The second-order valence-electron chi connectivity index (χ2n) is 3.83. The van der Waals surface area contributed by atoms with E-state index in [-0.39, 0.29) is 0 Å². The van der Waals surface area contributed by atoms with E-state index >= 15 is 0 Å². The number of hydrogen-bond acceptors (Lipinski definition) is 1. The van der Waals surface area contributed by atoms with Crippen molar-refractivity contribution in [2.75, 3.05) is 13.7 Å². The van der Waals surface area contributed by atoms with Crippen LogP contribution in [0.25, 0.3) is 0 Å². The van der Waals surface area contributed by atoms with Crippen molar-refractivity contribution in [3.8, 4) is 0 Å². The largest absolute Gasteiger partial charge is 0.384 e. The predicted octanol–water partition coefficient (Wildman–Crippen LogP) is 2.85. The van der Waals surface area contributed by atoms with Crippen molar-refractivity contribution in [2.24, 2.45) is 11.8 Å². The van der Waals surface area contributed by atoms with E-state index in [0.717, 1.165) is 18.4 Å². The minimum Gasteiger partial charge on any atom is -0.384 e. The van der Waals surface area contributed by atoms with E-state index in [2.05, 4.69) is 6.92 Å². The van der Waals surface area contributed by atoms with Crippen LogP contribution in [0.4, 0.5) is 0 Å². The molecule has 1 nitrogen and oxygen atoms in total. The second kappa shape index (κ2) is 4.76. The van der Waals surface area contributed by atoms with Crippen LogP contribution in [0.1, 0.15) is 39.0 Å². The first-order chi connectivity index (χ1) is 5.34. The summed E-state index contributed by atoms with van der Waals surface area (Å²) in [6.07, 6.45) is 7.21. The summed E-state index contributed by atoms with van der Waals surface area (Å²) in [5, 5.41) is 0. The zero-order valence-electron chi connectivity index (χ0n) is 7.81. The van der Waals surface area contributed by atoms with Gasteiger partial charge in [0, 0.05) is 13.7 Å². The first-order valence-corrected chi connectivity index (χ1v) is 4.83. The highest BCUT2D eigenvalue weighted by atomic mass is 16.5. The predicted molar refractivity (Wildman–Crippen MR) is 47.6 cm³/mol. The third kappa shape index (κ3) is 2.82. The number of methoxy groups -OCH3 is 1. The van der Waals surface area contributed by atoms with Gasteiger partial charge in [-0.3, -0.25) is 0 Å². The summed E-state index contributed by atoms with van der Waals surface area (Å²) in [5.41, 5.74) is 0. The molecule has 1 heteroatoms. The summed E-state index contributed by atoms with van der Waals surface area (Å²) in [7, 11) is 1.80. The molecule has 0 aromatic carbocycles. The maximum absolute atomic E-state index is 5.16. The van der Waals surface area contributed by atoms with Crippen molar-refractivity contribution in [3.05, 3.63) is 0 Å². The Morgan fingerprint density at radius 1 is 1.27 bits per heavy atom. The van der Waals surface area contributed by atoms with Gasteiger partial charge in [-0.05, 0) is 11.8 Å². The third-order valence-electron chi connectivity index (χ3n) is 2.88. The molecule has 0 unspecified atom stereocenters. The summed E-state index contributed by atoms with van der Waals surface area (Å²) in [6.45, 7) is 3.27. The zero-order valence-corrected chi connectivity index (χ0v) is 7.81. The van der Waals surface area contributed by atoms with Gasteiger partial charge in [0.1, 0.15) is 0 Å². The molecule has 1 aliphatic rings. The normalized spacial score (nSPS) is 23.5. The molecule has 66 valence electrons. The van der Waals surface area contributed by atoms with Gasteiger partial charge in [-0.1, -0.05) is 39.0 Å². The van der Waals surface area contributed by atoms with Gasteiger partial charge in [0.05, 0.1) is 0 Å². The van der Waals surface area contributed by atoms with Crippen LogP contribution >= 0.6 is 0 Å². The van der Waals surface area contributed by atoms with E-state index in [0.29, 0.717) is 0 Å². The summed E-state index contributed by atoms with van der Waals surface area (Å²) < 4.78 is 5.16. The molecule has 0 saturated heterocycles. The maximum atomic E-state index is 5.16. The lowest BCUT2D eigenvalue weighted by molar-refractivity contribution is 0.114. The van der Waals surface area contributed by atoms with Crippen LogP contribution in [0.15, 0.2) is 0 Å². The Balaban J connectivity index is 2.21. The van der Waals surface area contributed by atoms with E-state index in [1.54, 1.807) is 7.11 Å². The Morgan fingerprint density at radius 3 is 2.45 bits per heavy atom. The monoisotopic (exact) mass is 156 g/mol. The Morgan fingerprint density at radius 2 is 1.91 bits per heavy atom. The molecule has 0 aromatic heterocycles. The fourth-order valence-corrected chi connectivity index (χ4v) is 2.10. The average molecular weight is 156 g/mol. The molecule has 0 aromatic rings. The number of rotatable bonds is 3. The summed E-state index contributed by atoms with van der Waals surface area (Å²) in [6, 6.07) is 0. The number of ether oxygens (including phenoxy) is 1. The fraction of sp³-hybridized carbons (Fsp3) is 1.00. The van der Waals surface area contributed by atoms with E-state index in [9.17, 15) is 0 Å². The van der Waals surface area contributed by atoms with Crippen LogP contribution in [0, 0.1) is 11.8 Å². The van der Waals surface area contributed by atoms with Gasteiger partial charge in [0.15, 0.2) is 0 Å². The lowest BCUT2D eigenvalue weighted by atomic mass is 9.81. The standard InChI is InChI=1S/C10H20O/c1-9(8-11-2)10-6-4-3-5-7-10/h9-10H,3-8H2,1-2H3/t9-/m0/s1. The minimum absolute atomic E-state index is 0.778. The zero-order chi connectivity index (χ0) is 8.10. The first kappa shape index (κ1) is 9.05. The van der Waals surface area contributed by atoms with E-state index in [1.165, 1.54) is 32.1 Å². The molecule has 0 heterocycles. The van der Waals surface area contributed by atoms with Gasteiger partial charge in [-0.25, -0.2) is 0 Å². The fourth-order valence-electron chi connectivity index (χ4n) is 2.10. The van der Waals surface area contributed by atoms with Gasteiger partial charge in [-0.15, -0.1) is 0 Å². The SMILES string of the molecule is COC[C@H](C)C1CCCCC1. The quantitative estimate of drug-likeness (QED) is 0.610. The van der Waals surface area contributed by atoms with E-state index in [4.69, 9.17) is 4.74 Å². The second-order valence-corrected chi connectivity index (χ2v) is 3.83. The van der Waals surface area contributed by atoms with Crippen LogP contribution in [0.5, 0.6) is 0 Å². The van der Waals surface area contributed by atoms with Gasteiger partial charge >= 0.3 is 0 Å². The summed E-state index contributed by atoms with van der Waals surface area (Å²) >= 11 is 0. The highest BCUT2D eigenvalue weighted by Crippen LogP contribution is 2.29. The molecule has 11 heavy (non-hydrogen) atoms. The molecule has 1 saturated carbocycles. The van der Waals surface area contributed by atoms with Gasteiger partial charge in [0.25, 0.3) is 0 Å². The molecule has 0 N–H and O–H groups in total. The third-order valence-corrected chi connectivity index (χ3v) is 2.88. The lowest BCUT2D eigenvalue weighted by Gasteiger charge is -2.26. The Labute approximate surface area is 70.1 Å². The Bertz CT molecular complexity index is 95.0. The van der Waals surface area contributed by atoms with Crippen LogP contribution in [0.3, 0.4) is 0 Å². The Kier molecular flexibility index (Phi) is 3.92. The highest BCUT2D eigenvalue weighted by molar-refractivity contribution is 4.70. The minimum atomic E-state index is 0.778. The summed E-state index contributed by atoms with van der Waals surface area (Å²) in [5.74, 6) is 1.73. The molecule has 1 fully saturated rings. The van der Waals surface area contributed by atoms with Gasteiger partial charge in [0.2, 0.25) is 0 Å². The molecule has 0 amide bonds. The molecular formula is C10H20O. The molecule has 0 aliphatic heterocycles. The van der Waals surface area contributed by atoms with Gasteiger partial charge in [-0.2, -0.15) is 0 Å². The molecular weight excluding hydrogens is 136 g/mol. The van der Waals surface area contributed by atoms with Crippen molar-refractivity contribution >= 4 is 0 Å². The topological polar surface area (TPSA) is 9.23 Å². The van der Waals surface area contributed by atoms with Crippen molar-refractivity contribution in [3.63, 3.8) is 0 Å². The maximum Gasteiger partial charge on any atom is 0.0490 e. The molecule has 0 radical (unpaired) electrons. The van der Waals surface area contributed by atoms with E-state index in [1.807, 2.05) is 0 Å². The molecule has 1 aliphatic carbocycles. The smallest absolute Gasteiger partial charge is 0.0490 e. The lowest BCUT2D eigenvalue weighted by Crippen LogP contribution is -2.19. The molecule has 1 atom stereocenters. The highest BCUT2D eigenvalue weighted by Gasteiger charge is 2.19. The van der Waals surface area contributed by atoms with Crippen molar-refractivity contribution in [2.45, 2.75) is 39.0 Å². The van der Waals surface area contributed by atoms with Crippen LogP contribution in [0.2, 0.25) is 0 Å². The average Bonchev–Trinajstić information content (AvgIpc) is 2.07. The van der Waals surface area contributed by atoms with Crippen molar-refractivity contribution < 1.29 is 4.74 Å². The van der Waals surface area contributed by atoms with Crippen LogP contribution in [-0.4, -0.2) is 13.7 Å². The number of hydrogen-bond donors (Lipinski definition) is 0. The van der Waals surface area contributed by atoms with Crippen molar-refractivity contribution in [1.29, 1.82) is 0 Å². The molecule has 0 spiro atoms. The molecule has 1 rings (SSSR count).